The highest BCUT2D eigenvalue weighted by Crippen LogP contribution is 2.00. The van der Waals surface area contributed by atoms with Crippen molar-refractivity contribution in [1.82, 2.24) is 4.90 Å². The van der Waals surface area contributed by atoms with Gasteiger partial charge in [0.05, 0.1) is 0 Å². The summed E-state index contributed by atoms with van der Waals surface area (Å²) in [6.45, 7) is 4.68. The van der Waals surface area contributed by atoms with Crippen LogP contribution in [0.15, 0.2) is 43.0 Å². The van der Waals surface area contributed by atoms with Gasteiger partial charge in [-0.3, -0.25) is 4.90 Å². The van der Waals surface area contributed by atoms with Gasteiger partial charge in [0.15, 0.2) is 0 Å². The Labute approximate surface area is 119 Å². The van der Waals surface area contributed by atoms with E-state index in [2.05, 4.69) is 6.58 Å². The lowest BCUT2D eigenvalue weighted by molar-refractivity contribution is -0.131. The van der Waals surface area contributed by atoms with Crippen LogP contribution in [0.25, 0.3) is 0 Å². The number of aliphatic hydroxyl groups excluding tert-OH is 1. The van der Waals surface area contributed by atoms with Gasteiger partial charge in [0, 0.05) is 12.0 Å². The molecule has 19 heavy (non-hydrogen) atoms. The van der Waals surface area contributed by atoms with Gasteiger partial charge in [0.2, 0.25) is 0 Å². The van der Waals surface area contributed by atoms with Crippen LogP contribution in [0.3, 0.4) is 0 Å². The first-order chi connectivity index (χ1) is 8.84. The highest BCUT2D eigenvalue weighted by atomic mass is 35.5. The predicted molar refractivity (Wildman–Crippen MR) is 79.2 cm³/mol. The number of aliphatic hydroxyl groups is 1. The van der Waals surface area contributed by atoms with Crippen LogP contribution in [-0.2, 0) is 10.7 Å². The minimum atomic E-state index is -0.981. The third-order valence-electron chi connectivity index (χ3n) is 1.92. The molecule has 0 bridgehead atoms. The van der Waals surface area contributed by atoms with Crippen molar-refractivity contribution < 1.29 is 15.0 Å². The average molecular weight is 288 g/mol. The zero-order valence-electron chi connectivity index (χ0n) is 11.6. The van der Waals surface area contributed by atoms with E-state index in [1.165, 1.54) is 5.56 Å². The van der Waals surface area contributed by atoms with E-state index in [9.17, 15) is 4.79 Å². The first kappa shape index (κ1) is 20.0. The molecule has 0 aromatic heterocycles. The summed E-state index contributed by atoms with van der Waals surface area (Å²) in [5.41, 5.74) is 1.18. The lowest BCUT2D eigenvalue weighted by Gasteiger charge is -2.11. The van der Waals surface area contributed by atoms with Crippen molar-refractivity contribution in [3.63, 3.8) is 0 Å². The standard InChI is InChI=1S/C7H7Cl.C4H11NO.C3H4O2/c8-6-7-4-2-1-3-5-7;1-4(6)5(2)3;1-2-3(4)5/h1-5H,6H2;4,6H,1-3H3;2H,1H2,(H,4,5). The molecule has 0 radical (unpaired) electrons. The number of rotatable bonds is 3. The molecule has 0 fully saturated rings. The number of carboxylic acid groups (broad SMARTS) is 1. The molecule has 0 spiro atoms. The van der Waals surface area contributed by atoms with Crippen LogP contribution in [0.2, 0.25) is 0 Å². The molecule has 0 saturated heterocycles. The molecule has 108 valence electrons. The number of hydrogen-bond acceptors (Lipinski definition) is 3. The number of carboxylic acids is 1. The Morgan fingerprint density at radius 3 is 1.95 bits per heavy atom. The van der Waals surface area contributed by atoms with Crippen molar-refractivity contribution in [1.29, 1.82) is 0 Å². The minimum absolute atomic E-state index is 0.315. The van der Waals surface area contributed by atoms with Gasteiger partial charge in [0.25, 0.3) is 0 Å². The Balaban J connectivity index is 0. The summed E-state index contributed by atoms with van der Waals surface area (Å²) in [5, 5.41) is 16.2. The number of aliphatic carboxylic acids is 1. The number of carbonyl (C=O) groups is 1. The third-order valence-corrected chi connectivity index (χ3v) is 2.23. The second kappa shape index (κ2) is 13.1. The van der Waals surface area contributed by atoms with Gasteiger partial charge < -0.3 is 10.2 Å². The van der Waals surface area contributed by atoms with Gasteiger partial charge in [-0.2, -0.15) is 0 Å². The quantitative estimate of drug-likeness (QED) is 0.510. The third kappa shape index (κ3) is 16.6. The molecule has 1 unspecified atom stereocenters. The minimum Gasteiger partial charge on any atom is -0.478 e. The van der Waals surface area contributed by atoms with E-state index in [4.69, 9.17) is 21.8 Å². The van der Waals surface area contributed by atoms with Gasteiger partial charge in [-0.15, -0.1) is 11.6 Å². The Hall–Kier alpha value is -1.36. The normalized spacial score (nSPS) is 10.4. The van der Waals surface area contributed by atoms with Crippen LogP contribution in [0, 0.1) is 0 Å². The SMILES string of the molecule is C=CC(=O)O.CC(O)N(C)C.ClCc1ccccc1. The van der Waals surface area contributed by atoms with Gasteiger partial charge in [-0.1, -0.05) is 36.9 Å². The van der Waals surface area contributed by atoms with Crippen LogP contribution in [0.4, 0.5) is 0 Å². The molecule has 1 atom stereocenters. The number of alkyl halides is 1. The molecule has 4 nitrogen and oxygen atoms in total. The van der Waals surface area contributed by atoms with Crippen molar-refractivity contribution in [3.05, 3.63) is 48.6 Å². The summed E-state index contributed by atoms with van der Waals surface area (Å²) in [4.78, 5) is 11.0. The summed E-state index contributed by atoms with van der Waals surface area (Å²) in [7, 11) is 3.65. The molecule has 5 heteroatoms. The Morgan fingerprint density at radius 1 is 1.42 bits per heavy atom. The van der Waals surface area contributed by atoms with Gasteiger partial charge in [-0.05, 0) is 26.6 Å². The Kier molecular flexibility index (Phi) is 13.7. The monoisotopic (exact) mass is 287 g/mol. The Morgan fingerprint density at radius 2 is 1.79 bits per heavy atom. The van der Waals surface area contributed by atoms with Crippen LogP contribution in [0.1, 0.15) is 12.5 Å². The van der Waals surface area contributed by atoms with E-state index in [0.717, 1.165) is 6.08 Å². The van der Waals surface area contributed by atoms with E-state index in [0.29, 0.717) is 5.88 Å². The van der Waals surface area contributed by atoms with Crippen LogP contribution >= 0.6 is 11.6 Å². The number of halogens is 1. The molecular formula is C14H22ClNO3. The van der Waals surface area contributed by atoms with Crippen molar-refractivity contribution in [2.75, 3.05) is 14.1 Å². The maximum absolute atomic E-state index is 9.25. The highest BCUT2D eigenvalue weighted by Gasteiger charge is 1.92. The molecule has 0 heterocycles. The van der Waals surface area contributed by atoms with Gasteiger partial charge in [0.1, 0.15) is 6.23 Å². The van der Waals surface area contributed by atoms with E-state index in [-0.39, 0.29) is 6.23 Å². The second-order valence-corrected chi connectivity index (χ2v) is 4.02. The fraction of sp³-hybridized carbons (Fsp3) is 0.357. The maximum Gasteiger partial charge on any atom is 0.327 e. The topological polar surface area (TPSA) is 60.8 Å². The van der Waals surface area contributed by atoms with Crippen molar-refractivity contribution >= 4 is 17.6 Å². The molecule has 1 aromatic carbocycles. The fourth-order valence-corrected chi connectivity index (χ4v) is 0.745. The smallest absolute Gasteiger partial charge is 0.327 e. The molecule has 0 aliphatic carbocycles. The number of hydrogen-bond donors (Lipinski definition) is 2. The molecule has 2 N–H and O–H groups in total. The Bertz CT molecular complexity index is 334. The van der Waals surface area contributed by atoms with Crippen molar-refractivity contribution in [2.24, 2.45) is 0 Å². The van der Waals surface area contributed by atoms with Crippen LogP contribution in [0.5, 0.6) is 0 Å². The summed E-state index contributed by atoms with van der Waals surface area (Å²) >= 11 is 5.53. The number of nitrogens with zero attached hydrogens (tertiary/aromatic N) is 1. The average Bonchev–Trinajstić information content (AvgIpc) is 2.40. The lowest BCUT2D eigenvalue weighted by atomic mass is 10.2. The molecule has 0 saturated carbocycles. The van der Waals surface area contributed by atoms with Crippen molar-refractivity contribution in [2.45, 2.75) is 19.0 Å². The molecule has 1 rings (SSSR count). The van der Waals surface area contributed by atoms with E-state index in [1.54, 1.807) is 11.8 Å². The van der Waals surface area contributed by atoms with Crippen molar-refractivity contribution in [3.8, 4) is 0 Å². The molecule has 0 aliphatic heterocycles. The molecule has 1 aromatic rings. The van der Waals surface area contributed by atoms with Crippen LogP contribution < -0.4 is 0 Å². The fourth-order valence-electron chi connectivity index (χ4n) is 0.567. The highest BCUT2D eigenvalue weighted by molar-refractivity contribution is 6.17. The number of benzene rings is 1. The molecule has 0 amide bonds. The summed E-state index contributed by atoms with van der Waals surface area (Å²) in [5.74, 6) is -0.370. The largest absolute Gasteiger partial charge is 0.478 e. The maximum atomic E-state index is 9.25. The van der Waals surface area contributed by atoms with Crippen LogP contribution in [-0.4, -0.2) is 41.4 Å². The van der Waals surface area contributed by atoms with Gasteiger partial charge in [-0.25, -0.2) is 4.79 Å². The summed E-state index contributed by atoms with van der Waals surface area (Å²) < 4.78 is 0. The molecule has 0 aliphatic rings. The van der Waals surface area contributed by atoms with E-state index in [1.807, 2.05) is 44.4 Å². The zero-order chi connectivity index (χ0) is 15.3. The summed E-state index contributed by atoms with van der Waals surface area (Å²) in [6, 6.07) is 9.96. The lowest BCUT2D eigenvalue weighted by Crippen LogP contribution is -2.23. The predicted octanol–water partition coefficient (Wildman–Crippen LogP) is 2.57. The summed E-state index contributed by atoms with van der Waals surface area (Å²) in [6.07, 6.45) is 0.519. The molecular weight excluding hydrogens is 266 g/mol. The zero-order valence-corrected chi connectivity index (χ0v) is 12.3. The first-order valence-corrected chi connectivity index (χ1v) is 6.18. The van der Waals surface area contributed by atoms with E-state index >= 15 is 0 Å². The van der Waals surface area contributed by atoms with E-state index < -0.39 is 5.97 Å². The first-order valence-electron chi connectivity index (χ1n) is 5.64. The second-order valence-electron chi connectivity index (χ2n) is 3.76. The van der Waals surface area contributed by atoms with Gasteiger partial charge >= 0.3 is 5.97 Å².